The zero-order valence-corrected chi connectivity index (χ0v) is 31.9. The maximum absolute atomic E-state index is 14.6. The first-order chi connectivity index (χ1) is 24.3. The molecule has 11 heteroatoms. The Morgan fingerprint density at radius 1 is 0.902 bits per heavy atom. The molecule has 51 heavy (non-hydrogen) atoms. The predicted molar refractivity (Wildman–Crippen MR) is 189 cm³/mol. The van der Waals surface area contributed by atoms with Gasteiger partial charge in [0.2, 0.25) is 0 Å². The lowest BCUT2D eigenvalue weighted by Gasteiger charge is -2.41. The van der Waals surface area contributed by atoms with Gasteiger partial charge in [0.15, 0.2) is 18.4 Å². The van der Waals surface area contributed by atoms with Gasteiger partial charge in [-0.1, -0.05) is 31.6 Å². The summed E-state index contributed by atoms with van der Waals surface area (Å²) in [5.41, 5.74) is 1.97. The fourth-order valence-corrected chi connectivity index (χ4v) is 10.3. The molecule has 0 spiro atoms. The second-order valence-electron chi connectivity index (χ2n) is 16.5. The fourth-order valence-electron chi connectivity index (χ4n) is 10.3. The van der Waals surface area contributed by atoms with Crippen molar-refractivity contribution in [1.29, 1.82) is 0 Å². The third kappa shape index (κ3) is 8.07. The topological polar surface area (TPSA) is 133 Å². The maximum atomic E-state index is 14.6. The number of aliphatic hydroxyl groups excluding tert-OH is 2. The normalized spacial score (nSPS) is 46.6. The third-order valence-corrected chi connectivity index (χ3v) is 13.2. The highest BCUT2D eigenvalue weighted by Crippen LogP contribution is 2.56. The number of ether oxygens (including phenoxy) is 6. The highest BCUT2D eigenvalue weighted by Gasteiger charge is 2.53. The van der Waals surface area contributed by atoms with Gasteiger partial charge in [0.25, 0.3) is 0 Å². The van der Waals surface area contributed by atoms with Crippen LogP contribution in [0.4, 0.5) is 0 Å². The Labute approximate surface area is 304 Å². The minimum atomic E-state index is -1.23. The summed E-state index contributed by atoms with van der Waals surface area (Å²) >= 11 is 0. The molecular formula is C40H63NO10. The molecule has 3 aliphatic heterocycles. The molecule has 6 rings (SSSR count). The summed E-state index contributed by atoms with van der Waals surface area (Å²) in [7, 11) is 5.65. The van der Waals surface area contributed by atoms with Crippen LogP contribution in [0.1, 0.15) is 92.4 Å². The van der Waals surface area contributed by atoms with Crippen molar-refractivity contribution < 1.29 is 48.2 Å². The van der Waals surface area contributed by atoms with Crippen molar-refractivity contribution in [2.45, 2.75) is 160 Å². The molecule has 0 amide bonds. The number of fused-ring (bicyclic) bond motifs is 5. The molecule has 0 bridgehead atoms. The van der Waals surface area contributed by atoms with Gasteiger partial charge in [-0.05, 0) is 115 Å². The first-order valence-corrected chi connectivity index (χ1v) is 19.6. The van der Waals surface area contributed by atoms with Gasteiger partial charge in [-0.2, -0.15) is 0 Å². The zero-order chi connectivity index (χ0) is 36.7. The highest BCUT2D eigenvalue weighted by molar-refractivity contribution is 5.99. The van der Waals surface area contributed by atoms with Crippen molar-refractivity contribution in [3.63, 3.8) is 0 Å². The molecule has 6 aliphatic rings. The van der Waals surface area contributed by atoms with E-state index >= 15 is 0 Å². The number of nitrogens with zero attached hydrogens (tertiary/aromatic N) is 1. The van der Waals surface area contributed by atoms with E-state index in [-0.39, 0.29) is 78.5 Å². The number of ketones is 1. The van der Waals surface area contributed by atoms with E-state index in [1.165, 1.54) is 12.7 Å². The molecule has 0 radical (unpaired) electrons. The molecule has 0 aromatic rings. The summed E-state index contributed by atoms with van der Waals surface area (Å²) in [6.07, 6.45) is 5.41. The highest BCUT2D eigenvalue weighted by atomic mass is 16.7. The van der Waals surface area contributed by atoms with Crippen molar-refractivity contribution in [3.8, 4) is 0 Å². The number of rotatable bonds is 7. The Kier molecular flexibility index (Phi) is 12.5. The summed E-state index contributed by atoms with van der Waals surface area (Å²) in [6.45, 7) is 10.1. The Bertz CT molecular complexity index is 1300. The van der Waals surface area contributed by atoms with Gasteiger partial charge in [-0.25, -0.2) is 0 Å². The van der Waals surface area contributed by atoms with Crippen LogP contribution >= 0.6 is 0 Å². The Hall–Kier alpha value is -1.70. The fraction of sp³-hybridized carbons (Fsp3) is 0.850. The minimum Gasteiger partial charge on any atom is -0.462 e. The summed E-state index contributed by atoms with van der Waals surface area (Å²) < 4.78 is 36.9. The predicted octanol–water partition coefficient (Wildman–Crippen LogP) is 4.57. The standard InChI is InChI=1S/C40H63NO10/c1-9-24-11-10-12-33(51-35-14-13-32(41(6)7)22(4)47-35)21(3)36(43)31-18-29-27(30(31)19-34(42)49-24)15-20(2)26-16-25(17-28(26)29)50-40-38(45)37(44)39(46-8)23(5)48-40/h15,18,21-30,32-33,35,37-40,44-45H,9-14,16-17,19H2,1-8H3/t21-,22-,23+,24+,25+,26+,27-,28-,29-,30+,32+,33+,35+,37+,38-,39+,40+/m1/s1. The largest absolute Gasteiger partial charge is 0.462 e. The van der Waals surface area contributed by atoms with E-state index in [1.807, 2.05) is 13.8 Å². The first-order valence-electron chi connectivity index (χ1n) is 19.6. The van der Waals surface area contributed by atoms with Crippen molar-refractivity contribution in [1.82, 2.24) is 4.90 Å². The number of carbonyl (C=O) groups is 2. The number of likely N-dealkylation sites (N-methyl/N-ethyl adjacent to an activating group) is 1. The van der Waals surface area contributed by atoms with Gasteiger partial charge in [-0.3, -0.25) is 9.59 Å². The Morgan fingerprint density at radius 3 is 2.35 bits per heavy atom. The maximum Gasteiger partial charge on any atom is 0.306 e. The van der Waals surface area contributed by atoms with E-state index in [2.05, 4.69) is 51.9 Å². The van der Waals surface area contributed by atoms with Crippen LogP contribution in [0, 0.1) is 35.5 Å². The molecular weight excluding hydrogens is 654 g/mol. The van der Waals surface area contributed by atoms with Gasteiger partial charge >= 0.3 is 5.97 Å². The molecule has 0 aromatic carbocycles. The molecule has 1 saturated carbocycles. The summed E-state index contributed by atoms with van der Waals surface area (Å²) in [6, 6.07) is 0.326. The number of cyclic esters (lactones) is 1. The quantitative estimate of drug-likeness (QED) is 0.284. The SMILES string of the molecule is CC[C@H]1CCC[C@H](O[C@H]2CC[C@H](N(C)C)[C@@H](C)O2)[C@@H](C)C(=O)C2=C[C@@H]3[C@@H](C=C(C)[C@@H]4C[C@H](O[C@@H]5O[C@@H](C)[C@H](OC)[C@@H](O)[C@H]5O)C[C@@H]34)[C@@H]2CC(=O)O1. The van der Waals surface area contributed by atoms with Crippen LogP contribution in [0.15, 0.2) is 23.3 Å². The number of allylic oxidation sites excluding steroid dienone is 4. The van der Waals surface area contributed by atoms with Crippen LogP contribution in [-0.2, 0) is 38.0 Å². The summed E-state index contributed by atoms with van der Waals surface area (Å²) in [5, 5.41) is 21.5. The van der Waals surface area contributed by atoms with Gasteiger partial charge < -0.3 is 43.5 Å². The van der Waals surface area contributed by atoms with E-state index < -0.39 is 36.6 Å². The van der Waals surface area contributed by atoms with E-state index in [4.69, 9.17) is 28.4 Å². The second-order valence-corrected chi connectivity index (χ2v) is 16.5. The average Bonchev–Trinajstić information content (AvgIpc) is 3.67. The van der Waals surface area contributed by atoms with Crippen molar-refractivity contribution >= 4 is 11.8 Å². The van der Waals surface area contributed by atoms with Gasteiger partial charge in [0.1, 0.15) is 24.4 Å². The Balaban J connectivity index is 1.22. The van der Waals surface area contributed by atoms with Gasteiger partial charge in [-0.15, -0.1) is 0 Å². The van der Waals surface area contributed by atoms with Crippen LogP contribution in [0.5, 0.6) is 0 Å². The lowest BCUT2D eigenvalue weighted by Crippen LogP contribution is -2.58. The van der Waals surface area contributed by atoms with E-state index in [9.17, 15) is 19.8 Å². The first kappa shape index (κ1) is 39.0. The zero-order valence-electron chi connectivity index (χ0n) is 31.9. The van der Waals surface area contributed by atoms with Crippen molar-refractivity contribution in [2.24, 2.45) is 35.5 Å². The lowest BCUT2D eigenvalue weighted by atomic mass is 9.67. The number of esters is 1. The number of Topliss-reactive ketones (excluding diaryl/α,β-unsaturated/α-hetero) is 1. The average molecular weight is 718 g/mol. The molecule has 11 nitrogen and oxygen atoms in total. The van der Waals surface area contributed by atoms with Crippen LogP contribution in [0.25, 0.3) is 0 Å². The lowest BCUT2D eigenvalue weighted by molar-refractivity contribution is -0.306. The van der Waals surface area contributed by atoms with Crippen molar-refractivity contribution in [3.05, 3.63) is 23.3 Å². The van der Waals surface area contributed by atoms with Crippen LogP contribution in [-0.4, -0.2) is 116 Å². The van der Waals surface area contributed by atoms with Gasteiger partial charge in [0, 0.05) is 25.0 Å². The van der Waals surface area contributed by atoms with E-state index in [1.54, 1.807) is 0 Å². The van der Waals surface area contributed by atoms with E-state index in [0.29, 0.717) is 12.5 Å². The number of aliphatic hydroxyl groups is 2. The second kappa shape index (κ2) is 16.3. The molecule has 0 unspecified atom stereocenters. The number of hydrogen-bond acceptors (Lipinski definition) is 11. The Morgan fingerprint density at radius 2 is 1.67 bits per heavy atom. The smallest absolute Gasteiger partial charge is 0.306 e. The number of carbonyl (C=O) groups excluding carboxylic acids is 2. The minimum absolute atomic E-state index is 0.00240. The molecule has 4 fully saturated rings. The van der Waals surface area contributed by atoms with E-state index in [0.717, 1.165) is 50.5 Å². The molecule has 2 N–H and O–H groups in total. The number of hydrogen-bond donors (Lipinski definition) is 2. The molecule has 0 aromatic heterocycles. The monoisotopic (exact) mass is 717 g/mol. The molecule has 3 aliphatic carbocycles. The molecule has 3 heterocycles. The molecule has 3 saturated heterocycles. The van der Waals surface area contributed by atoms with Crippen molar-refractivity contribution in [2.75, 3.05) is 21.2 Å². The number of methoxy groups -OCH3 is 1. The van der Waals surface area contributed by atoms with Gasteiger partial charge in [0.05, 0.1) is 30.8 Å². The third-order valence-electron chi connectivity index (χ3n) is 13.2. The summed E-state index contributed by atoms with van der Waals surface area (Å²) in [4.78, 5) is 30.4. The van der Waals surface area contributed by atoms with Crippen LogP contribution in [0.2, 0.25) is 0 Å². The summed E-state index contributed by atoms with van der Waals surface area (Å²) in [5.74, 6) is -0.355. The molecule has 17 atom stereocenters. The molecule has 288 valence electrons. The van der Waals surface area contributed by atoms with Crippen LogP contribution in [0.3, 0.4) is 0 Å². The van der Waals surface area contributed by atoms with Crippen LogP contribution < -0.4 is 0 Å².